The Balaban J connectivity index is 1.74. The molecule has 0 N–H and O–H groups in total. The van der Waals surface area contributed by atoms with E-state index in [1.165, 1.54) is 57.3 Å². The zero-order valence-corrected chi connectivity index (χ0v) is 13.2. The van der Waals surface area contributed by atoms with E-state index in [0.717, 1.165) is 10.2 Å². The Morgan fingerprint density at radius 2 is 1.79 bits per heavy atom. The number of benzene rings is 1. The van der Waals surface area contributed by atoms with E-state index in [4.69, 9.17) is 4.74 Å². The molecule has 1 aromatic carbocycles. The van der Waals surface area contributed by atoms with Gasteiger partial charge in [0.25, 0.3) is 0 Å². The Hall–Kier alpha value is -0.700. The number of rotatable bonds is 2. The predicted molar refractivity (Wildman–Crippen MR) is 83.0 cm³/mol. The van der Waals surface area contributed by atoms with E-state index < -0.39 is 0 Å². The van der Waals surface area contributed by atoms with Crippen LogP contribution in [0.3, 0.4) is 0 Å². The lowest BCUT2D eigenvalue weighted by atomic mass is 9.73. The van der Waals surface area contributed by atoms with Crippen LogP contribution in [-0.2, 0) is 0 Å². The third-order valence-electron chi connectivity index (χ3n) is 4.70. The molecule has 0 bridgehead atoms. The highest BCUT2D eigenvalue weighted by molar-refractivity contribution is 9.10. The second-order valence-corrected chi connectivity index (χ2v) is 7.00. The highest BCUT2D eigenvalue weighted by Crippen LogP contribution is 2.46. The van der Waals surface area contributed by atoms with Crippen molar-refractivity contribution >= 4 is 21.6 Å². The molecule has 0 aromatic heterocycles. The Morgan fingerprint density at radius 3 is 2.42 bits per heavy atom. The lowest BCUT2D eigenvalue weighted by Gasteiger charge is -2.52. The molecule has 0 amide bonds. The Morgan fingerprint density at radius 1 is 1.11 bits per heavy atom. The van der Waals surface area contributed by atoms with Crippen molar-refractivity contribution in [2.75, 3.05) is 25.1 Å². The summed E-state index contributed by atoms with van der Waals surface area (Å²) < 4.78 is 6.62. The summed E-state index contributed by atoms with van der Waals surface area (Å²) in [5, 5.41) is 0. The highest BCUT2D eigenvalue weighted by atomic mass is 79.9. The summed E-state index contributed by atoms with van der Waals surface area (Å²) in [6.07, 6.45) is 8.54. The summed E-state index contributed by atoms with van der Waals surface area (Å²) in [7, 11) is 1.76. The van der Waals surface area contributed by atoms with Crippen LogP contribution in [0, 0.1) is 5.41 Å². The molecule has 1 aliphatic carbocycles. The molecule has 2 fully saturated rings. The van der Waals surface area contributed by atoms with Crippen molar-refractivity contribution in [2.24, 2.45) is 5.41 Å². The van der Waals surface area contributed by atoms with Gasteiger partial charge in [-0.25, -0.2) is 0 Å². The van der Waals surface area contributed by atoms with Gasteiger partial charge in [0.2, 0.25) is 0 Å². The van der Waals surface area contributed by atoms with Crippen LogP contribution in [0.25, 0.3) is 0 Å². The van der Waals surface area contributed by atoms with Crippen LogP contribution < -0.4 is 9.64 Å². The smallest absolute Gasteiger partial charge is 0.142 e. The van der Waals surface area contributed by atoms with Crippen molar-refractivity contribution in [2.45, 2.75) is 38.5 Å². The van der Waals surface area contributed by atoms with Crippen LogP contribution in [0.5, 0.6) is 5.75 Å². The number of anilines is 1. The van der Waals surface area contributed by atoms with Gasteiger partial charge in [0.15, 0.2) is 0 Å². The van der Waals surface area contributed by atoms with Crippen molar-refractivity contribution in [1.29, 1.82) is 0 Å². The van der Waals surface area contributed by atoms with Gasteiger partial charge in [-0.3, -0.25) is 0 Å². The summed E-state index contributed by atoms with van der Waals surface area (Å²) in [5.41, 5.74) is 1.84. The van der Waals surface area contributed by atoms with Gasteiger partial charge in [-0.1, -0.05) is 41.6 Å². The van der Waals surface area contributed by atoms with Crippen LogP contribution in [0.2, 0.25) is 0 Å². The molecular weight excluding hydrogens is 302 g/mol. The van der Waals surface area contributed by atoms with E-state index >= 15 is 0 Å². The summed E-state index contributed by atoms with van der Waals surface area (Å²) in [4.78, 5) is 2.48. The van der Waals surface area contributed by atoms with Crippen LogP contribution in [0.4, 0.5) is 5.69 Å². The first kappa shape index (κ1) is 13.3. The van der Waals surface area contributed by atoms with Crippen molar-refractivity contribution in [3.05, 3.63) is 22.7 Å². The first-order valence-electron chi connectivity index (χ1n) is 7.31. The predicted octanol–water partition coefficient (Wildman–Crippen LogP) is 4.62. The molecule has 1 saturated heterocycles. The third kappa shape index (κ3) is 2.62. The topological polar surface area (TPSA) is 12.5 Å². The van der Waals surface area contributed by atoms with Gasteiger partial charge in [0.1, 0.15) is 5.75 Å². The average molecular weight is 324 g/mol. The normalized spacial score (nSPS) is 21.9. The Labute approximate surface area is 124 Å². The minimum atomic E-state index is 0.601. The van der Waals surface area contributed by atoms with Crippen molar-refractivity contribution in [3.8, 4) is 5.75 Å². The molecule has 0 unspecified atom stereocenters. The number of methoxy groups -OCH3 is 1. The molecule has 2 aliphatic rings. The average Bonchev–Trinajstić information content (AvgIpc) is 2.62. The fourth-order valence-electron chi connectivity index (χ4n) is 3.64. The number of nitrogens with zero attached hydrogens (tertiary/aromatic N) is 1. The van der Waals surface area contributed by atoms with Gasteiger partial charge in [0, 0.05) is 23.0 Å². The molecule has 3 rings (SSSR count). The second-order valence-electron chi connectivity index (χ2n) is 6.09. The number of hydrogen-bond donors (Lipinski definition) is 0. The minimum absolute atomic E-state index is 0.601. The molecule has 1 saturated carbocycles. The van der Waals surface area contributed by atoms with E-state index in [-0.39, 0.29) is 0 Å². The molecule has 2 nitrogen and oxygen atoms in total. The van der Waals surface area contributed by atoms with Crippen LogP contribution in [0.15, 0.2) is 22.7 Å². The van der Waals surface area contributed by atoms with Crippen molar-refractivity contribution in [3.63, 3.8) is 0 Å². The zero-order chi connectivity index (χ0) is 13.3. The maximum absolute atomic E-state index is 5.50. The first-order valence-corrected chi connectivity index (χ1v) is 8.10. The van der Waals surface area contributed by atoms with Crippen molar-refractivity contribution < 1.29 is 4.74 Å². The maximum atomic E-state index is 5.50. The van der Waals surface area contributed by atoms with Crippen LogP contribution in [-0.4, -0.2) is 20.2 Å². The van der Waals surface area contributed by atoms with E-state index in [1.54, 1.807) is 7.11 Å². The summed E-state index contributed by atoms with van der Waals surface area (Å²) in [6, 6.07) is 6.28. The lowest BCUT2D eigenvalue weighted by Crippen LogP contribution is -2.56. The standard InChI is InChI=1S/C16H22BrNO/c1-19-15-7-6-13(17)10-14(15)18-11-16(12-18)8-4-2-3-5-9-16/h6-7,10H,2-5,8-9,11-12H2,1H3. The fourth-order valence-corrected chi connectivity index (χ4v) is 3.99. The van der Waals surface area contributed by atoms with Gasteiger partial charge < -0.3 is 9.64 Å². The first-order chi connectivity index (χ1) is 9.22. The largest absolute Gasteiger partial charge is 0.495 e. The molecule has 0 atom stereocenters. The number of hydrogen-bond acceptors (Lipinski definition) is 2. The van der Waals surface area contributed by atoms with E-state index in [0.29, 0.717) is 5.41 Å². The molecule has 104 valence electrons. The minimum Gasteiger partial charge on any atom is -0.495 e. The highest BCUT2D eigenvalue weighted by Gasteiger charge is 2.43. The summed E-state index contributed by atoms with van der Waals surface area (Å²) in [5.74, 6) is 0.992. The molecule has 3 heteroatoms. The molecule has 1 aliphatic heterocycles. The lowest BCUT2D eigenvalue weighted by molar-refractivity contribution is 0.179. The van der Waals surface area contributed by atoms with Crippen LogP contribution in [0.1, 0.15) is 38.5 Å². The van der Waals surface area contributed by atoms with E-state index in [1.807, 2.05) is 6.07 Å². The second kappa shape index (κ2) is 5.35. The Kier molecular flexibility index (Phi) is 3.75. The van der Waals surface area contributed by atoms with Crippen LogP contribution >= 0.6 is 15.9 Å². The SMILES string of the molecule is COc1ccc(Br)cc1N1CC2(CCCCCC2)C1. The van der Waals surface area contributed by atoms with E-state index in [9.17, 15) is 0 Å². The Bertz CT molecular complexity index is 444. The fraction of sp³-hybridized carbons (Fsp3) is 0.625. The summed E-state index contributed by atoms with van der Waals surface area (Å²) in [6.45, 7) is 2.42. The molecule has 1 heterocycles. The van der Waals surface area contributed by atoms with Gasteiger partial charge >= 0.3 is 0 Å². The molecule has 1 spiro atoms. The molecule has 0 radical (unpaired) electrons. The van der Waals surface area contributed by atoms with E-state index in [2.05, 4.69) is 33.0 Å². The molecule has 1 aromatic rings. The van der Waals surface area contributed by atoms with Gasteiger partial charge in [-0.05, 0) is 31.0 Å². The monoisotopic (exact) mass is 323 g/mol. The van der Waals surface area contributed by atoms with Crippen molar-refractivity contribution in [1.82, 2.24) is 0 Å². The summed E-state index contributed by atoms with van der Waals surface area (Å²) >= 11 is 3.56. The van der Waals surface area contributed by atoms with Gasteiger partial charge in [-0.2, -0.15) is 0 Å². The molecule has 19 heavy (non-hydrogen) atoms. The van der Waals surface area contributed by atoms with Gasteiger partial charge in [-0.15, -0.1) is 0 Å². The number of halogens is 1. The van der Waals surface area contributed by atoms with Gasteiger partial charge in [0.05, 0.1) is 12.8 Å². The number of ether oxygens (including phenoxy) is 1. The zero-order valence-electron chi connectivity index (χ0n) is 11.6. The molecular formula is C16H22BrNO. The third-order valence-corrected chi connectivity index (χ3v) is 5.19. The quantitative estimate of drug-likeness (QED) is 0.787. The maximum Gasteiger partial charge on any atom is 0.142 e.